The quantitative estimate of drug-likeness (QED) is 0.744. The van der Waals surface area contributed by atoms with Crippen molar-refractivity contribution < 1.29 is 4.74 Å². The second-order valence-corrected chi connectivity index (χ2v) is 4.71. The van der Waals surface area contributed by atoms with Crippen molar-refractivity contribution in [2.24, 2.45) is 0 Å². The molecule has 0 aliphatic rings. The number of aromatic amines is 1. The number of nitrogens with one attached hydrogen (secondary N) is 1. The van der Waals surface area contributed by atoms with Crippen molar-refractivity contribution in [1.82, 2.24) is 9.55 Å². The number of H-pyrrole nitrogens is 1. The molecule has 106 valence electrons. The zero-order chi connectivity index (χ0) is 14.8. The zero-order valence-electron chi connectivity index (χ0n) is 11.5. The Bertz CT molecular complexity index is 892. The molecular formula is C16H14N2O3. The van der Waals surface area contributed by atoms with E-state index in [1.54, 1.807) is 13.2 Å². The van der Waals surface area contributed by atoms with Gasteiger partial charge in [0, 0.05) is 0 Å². The van der Waals surface area contributed by atoms with Gasteiger partial charge in [0.25, 0.3) is 0 Å². The van der Waals surface area contributed by atoms with E-state index in [-0.39, 0.29) is 0 Å². The predicted molar refractivity (Wildman–Crippen MR) is 80.9 cm³/mol. The minimum Gasteiger partial charge on any atom is -0.497 e. The van der Waals surface area contributed by atoms with Gasteiger partial charge in [0.05, 0.1) is 24.7 Å². The smallest absolute Gasteiger partial charge is 0.317 e. The van der Waals surface area contributed by atoms with E-state index in [1.165, 1.54) is 4.57 Å². The maximum absolute atomic E-state index is 12.1. The molecule has 0 saturated heterocycles. The van der Waals surface area contributed by atoms with Crippen LogP contribution in [0, 0.1) is 0 Å². The normalized spacial score (nSPS) is 10.7. The monoisotopic (exact) mass is 282 g/mol. The number of rotatable bonds is 3. The van der Waals surface area contributed by atoms with E-state index >= 15 is 0 Å². The highest BCUT2D eigenvalue weighted by molar-refractivity contribution is 5.74. The maximum atomic E-state index is 12.1. The molecule has 1 N–H and O–H groups in total. The average Bonchev–Trinajstić information content (AvgIpc) is 2.52. The van der Waals surface area contributed by atoms with Crippen LogP contribution in [-0.2, 0) is 6.54 Å². The summed E-state index contributed by atoms with van der Waals surface area (Å²) in [6, 6.07) is 14.7. The fourth-order valence-corrected chi connectivity index (χ4v) is 2.29. The molecule has 1 heterocycles. The van der Waals surface area contributed by atoms with E-state index < -0.39 is 11.1 Å². The SMILES string of the molecule is COc1ccc(Cn2c(=O)c(=O)[nH]c3ccccc32)cc1. The van der Waals surface area contributed by atoms with E-state index in [2.05, 4.69) is 4.98 Å². The summed E-state index contributed by atoms with van der Waals surface area (Å²) in [4.78, 5) is 26.4. The minimum atomic E-state index is -0.609. The molecule has 0 radical (unpaired) electrons. The van der Waals surface area contributed by atoms with Crippen molar-refractivity contribution >= 4 is 11.0 Å². The van der Waals surface area contributed by atoms with E-state index in [0.29, 0.717) is 17.6 Å². The van der Waals surface area contributed by atoms with Crippen LogP contribution in [-0.4, -0.2) is 16.7 Å². The lowest BCUT2D eigenvalue weighted by molar-refractivity contribution is 0.414. The van der Waals surface area contributed by atoms with Crippen molar-refractivity contribution in [3.63, 3.8) is 0 Å². The highest BCUT2D eigenvalue weighted by Crippen LogP contribution is 2.14. The number of fused-ring (bicyclic) bond motifs is 1. The second kappa shape index (κ2) is 5.28. The molecule has 0 amide bonds. The highest BCUT2D eigenvalue weighted by Gasteiger charge is 2.07. The Labute approximate surface area is 120 Å². The van der Waals surface area contributed by atoms with E-state index in [4.69, 9.17) is 4.74 Å². The molecule has 3 aromatic rings. The molecule has 0 unspecified atom stereocenters. The molecule has 0 aliphatic carbocycles. The first-order valence-corrected chi connectivity index (χ1v) is 6.54. The van der Waals surface area contributed by atoms with Gasteiger partial charge in [-0.15, -0.1) is 0 Å². The Morgan fingerprint density at radius 1 is 1.05 bits per heavy atom. The Morgan fingerprint density at radius 3 is 2.48 bits per heavy atom. The Balaban J connectivity index is 2.12. The van der Waals surface area contributed by atoms with Crippen LogP contribution >= 0.6 is 0 Å². The summed E-state index contributed by atoms with van der Waals surface area (Å²) >= 11 is 0. The van der Waals surface area contributed by atoms with Gasteiger partial charge in [0.1, 0.15) is 5.75 Å². The molecule has 3 rings (SSSR count). The second-order valence-electron chi connectivity index (χ2n) is 4.71. The van der Waals surface area contributed by atoms with Crippen LogP contribution in [0.25, 0.3) is 11.0 Å². The van der Waals surface area contributed by atoms with Gasteiger partial charge in [0.2, 0.25) is 0 Å². The van der Waals surface area contributed by atoms with Crippen molar-refractivity contribution in [2.45, 2.75) is 6.54 Å². The third-order valence-corrected chi connectivity index (χ3v) is 3.38. The van der Waals surface area contributed by atoms with Crippen LogP contribution in [0.5, 0.6) is 5.75 Å². The molecule has 0 saturated carbocycles. The first-order valence-electron chi connectivity index (χ1n) is 6.54. The van der Waals surface area contributed by atoms with Gasteiger partial charge in [-0.05, 0) is 29.8 Å². The van der Waals surface area contributed by atoms with Gasteiger partial charge >= 0.3 is 11.1 Å². The molecule has 0 aliphatic heterocycles. The average molecular weight is 282 g/mol. The number of benzene rings is 2. The Hall–Kier alpha value is -2.82. The molecular weight excluding hydrogens is 268 g/mol. The molecule has 21 heavy (non-hydrogen) atoms. The topological polar surface area (TPSA) is 64.1 Å². The first-order chi connectivity index (χ1) is 10.2. The third-order valence-electron chi connectivity index (χ3n) is 3.38. The molecule has 5 nitrogen and oxygen atoms in total. The van der Waals surface area contributed by atoms with E-state index in [9.17, 15) is 9.59 Å². The van der Waals surface area contributed by atoms with Crippen LogP contribution in [0.15, 0.2) is 58.1 Å². The number of hydrogen-bond donors (Lipinski definition) is 1. The van der Waals surface area contributed by atoms with Crippen molar-refractivity contribution in [3.05, 3.63) is 74.8 Å². The largest absolute Gasteiger partial charge is 0.497 e. The summed E-state index contributed by atoms with van der Waals surface area (Å²) < 4.78 is 6.59. The summed E-state index contributed by atoms with van der Waals surface area (Å²) in [7, 11) is 1.60. The molecule has 5 heteroatoms. The molecule has 1 aromatic heterocycles. The number of methoxy groups -OCH3 is 1. The van der Waals surface area contributed by atoms with Crippen LogP contribution < -0.4 is 15.9 Å². The molecule has 0 spiro atoms. The van der Waals surface area contributed by atoms with Gasteiger partial charge in [0.15, 0.2) is 0 Å². The molecule has 0 atom stereocenters. The number of ether oxygens (including phenoxy) is 1. The first kappa shape index (κ1) is 13.2. The molecule has 2 aromatic carbocycles. The van der Waals surface area contributed by atoms with Crippen molar-refractivity contribution in [1.29, 1.82) is 0 Å². The standard InChI is InChI=1S/C16H14N2O3/c1-21-12-8-6-11(7-9-12)10-18-14-5-3-2-4-13(14)17-15(19)16(18)20/h2-9H,10H2,1H3,(H,17,19). The van der Waals surface area contributed by atoms with Crippen LogP contribution in [0.3, 0.4) is 0 Å². The fraction of sp³-hybridized carbons (Fsp3) is 0.125. The number of nitrogens with zero attached hydrogens (tertiary/aromatic N) is 1. The summed E-state index contributed by atoms with van der Waals surface area (Å²) in [5.74, 6) is 0.752. The number of aromatic nitrogens is 2. The van der Waals surface area contributed by atoms with Gasteiger partial charge in [-0.3, -0.25) is 14.2 Å². The summed E-state index contributed by atoms with van der Waals surface area (Å²) in [6.07, 6.45) is 0. The van der Waals surface area contributed by atoms with Crippen molar-refractivity contribution in [2.75, 3.05) is 7.11 Å². The lowest BCUT2D eigenvalue weighted by atomic mass is 10.2. The van der Waals surface area contributed by atoms with Gasteiger partial charge in [-0.2, -0.15) is 0 Å². The van der Waals surface area contributed by atoms with Crippen molar-refractivity contribution in [3.8, 4) is 5.75 Å². The highest BCUT2D eigenvalue weighted by atomic mass is 16.5. The zero-order valence-corrected chi connectivity index (χ0v) is 11.5. The van der Waals surface area contributed by atoms with Gasteiger partial charge in [-0.1, -0.05) is 24.3 Å². The minimum absolute atomic E-state index is 0.341. The van der Waals surface area contributed by atoms with Gasteiger partial charge in [-0.25, -0.2) is 0 Å². The number of hydrogen-bond acceptors (Lipinski definition) is 3. The predicted octanol–water partition coefficient (Wildman–Crippen LogP) is 1.75. The van der Waals surface area contributed by atoms with Gasteiger partial charge < -0.3 is 9.72 Å². The Kier molecular flexibility index (Phi) is 3.31. The molecule has 0 bridgehead atoms. The lowest BCUT2D eigenvalue weighted by Crippen LogP contribution is -2.36. The third kappa shape index (κ3) is 2.45. The number of para-hydroxylation sites is 2. The summed E-state index contributed by atoms with van der Waals surface area (Å²) in [6.45, 7) is 0.341. The maximum Gasteiger partial charge on any atom is 0.317 e. The Morgan fingerprint density at radius 2 is 1.76 bits per heavy atom. The summed E-state index contributed by atoms with van der Waals surface area (Å²) in [5.41, 5.74) is 1.12. The fourth-order valence-electron chi connectivity index (χ4n) is 2.29. The molecule has 0 fully saturated rings. The van der Waals surface area contributed by atoms with Crippen LogP contribution in [0.4, 0.5) is 0 Å². The van der Waals surface area contributed by atoms with E-state index in [1.807, 2.05) is 42.5 Å². The lowest BCUT2D eigenvalue weighted by Gasteiger charge is -2.10. The summed E-state index contributed by atoms with van der Waals surface area (Å²) in [5, 5.41) is 0. The van der Waals surface area contributed by atoms with Crippen LogP contribution in [0.1, 0.15) is 5.56 Å². The van der Waals surface area contributed by atoms with Crippen LogP contribution in [0.2, 0.25) is 0 Å². The van der Waals surface area contributed by atoms with E-state index in [0.717, 1.165) is 11.3 Å².